The third-order valence-electron chi connectivity index (χ3n) is 4.03. The summed E-state index contributed by atoms with van der Waals surface area (Å²) in [5.41, 5.74) is 13.2. The molecule has 0 spiro atoms. The van der Waals surface area contributed by atoms with E-state index in [0.29, 0.717) is 0 Å². The van der Waals surface area contributed by atoms with Gasteiger partial charge in [0.25, 0.3) is 0 Å². The first-order valence-corrected chi connectivity index (χ1v) is 11.8. The molecule has 0 unspecified atom stereocenters. The molecule has 0 fully saturated rings. The van der Waals surface area contributed by atoms with Crippen LogP contribution in [0.3, 0.4) is 0 Å². The Bertz CT molecular complexity index is 1160. The van der Waals surface area contributed by atoms with Gasteiger partial charge >= 0.3 is 183 Å². The van der Waals surface area contributed by atoms with Gasteiger partial charge in [0.15, 0.2) is 0 Å². The van der Waals surface area contributed by atoms with E-state index in [4.69, 9.17) is 22.3 Å². The van der Waals surface area contributed by atoms with Crippen molar-refractivity contribution in [3.63, 3.8) is 0 Å². The van der Waals surface area contributed by atoms with Crippen molar-refractivity contribution in [3.8, 4) is 0 Å². The van der Waals surface area contributed by atoms with Crippen molar-refractivity contribution in [1.82, 2.24) is 9.97 Å². The van der Waals surface area contributed by atoms with Crippen molar-refractivity contribution in [3.05, 3.63) is 60.9 Å². The summed E-state index contributed by atoms with van der Waals surface area (Å²) in [6.45, 7) is 0. The molecule has 4 rings (SSSR count). The van der Waals surface area contributed by atoms with E-state index in [0.717, 1.165) is 40.5 Å². The molecule has 29 heavy (non-hydrogen) atoms. The predicted molar refractivity (Wildman–Crippen MR) is 124 cm³/mol. The summed E-state index contributed by atoms with van der Waals surface area (Å²) in [6.07, 6.45) is 3.70. The molecule has 144 valence electrons. The van der Waals surface area contributed by atoms with Gasteiger partial charge in [0.1, 0.15) is 0 Å². The predicted octanol–water partition coefficient (Wildman–Crippen LogP) is 2.41. The second kappa shape index (κ2) is 8.42. The van der Waals surface area contributed by atoms with Gasteiger partial charge < -0.3 is 0 Å². The molecule has 0 aliphatic rings. The molecular weight excluding hydrogens is 467 g/mol. The van der Waals surface area contributed by atoms with Crippen molar-refractivity contribution in [1.29, 1.82) is 10.8 Å². The van der Waals surface area contributed by atoms with Crippen molar-refractivity contribution in [2.75, 3.05) is 0 Å². The molecule has 2 aromatic carbocycles. The summed E-state index contributed by atoms with van der Waals surface area (Å²) >= 11 is 2.32. The van der Waals surface area contributed by atoms with Gasteiger partial charge in [-0.3, -0.25) is 0 Å². The van der Waals surface area contributed by atoms with Crippen molar-refractivity contribution in [2.24, 2.45) is 11.5 Å². The summed E-state index contributed by atoms with van der Waals surface area (Å²) in [5, 5.41) is 17.6. The van der Waals surface area contributed by atoms with Gasteiger partial charge in [-0.15, -0.1) is 0 Å². The number of thioether (sulfide) groups is 2. The Kier molecular flexibility index (Phi) is 5.73. The number of aromatic nitrogens is 2. The molecule has 2 aromatic heterocycles. The number of nitrogens with one attached hydrogen (secondary N) is 2. The molecule has 0 aliphatic carbocycles. The average molecular weight is 483 g/mol. The van der Waals surface area contributed by atoms with Gasteiger partial charge in [-0.2, -0.15) is 0 Å². The van der Waals surface area contributed by atoms with Crippen LogP contribution in [0.1, 0.15) is 0 Å². The van der Waals surface area contributed by atoms with Crippen molar-refractivity contribution < 1.29 is 0 Å². The van der Waals surface area contributed by atoms with E-state index in [2.05, 4.69) is 9.97 Å². The third kappa shape index (κ3) is 4.23. The van der Waals surface area contributed by atoms with E-state index in [-0.39, 0.29) is 25.3 Å². The van der Waals surface area contributed by atoms with Gasteiger partial charge in [-0.05, 0) is 0 Å². The zero-order valence-electron chi connectivity index (χ0n) is 15.0. The van der Waals surface area contributed by atoms with Gasteiger partial charge in [0.05, 0.1) is 0 Å². The summed E-state index contributed by atoms with van der Waals surface area (Å²) in [4.78, 5) is 11.1. The van der Waals surface area contributed by atoms with Crippen LogP contribution in [0.2, 0.25) is 0 Å². The van der Waals surface area contributed by atoms with Crippen molar-refractivity contribution in [2.45, 2.75) is 9.79 Å². The van der Waals surface area contributed by atoms with Crippen LogP contribution in [0.5, 0.6) is 0 Å². The Labute approximate surface area is 182 Å². The molecule has 6 N–H and O–H groups in total. The van der Waals surface area contributed by atoms with Crippen LogP contribution in [-0.4, -0.2) is 35.3 Å². The van der Waals surface area contributed by atoms with Crippen LogP contribution < -0.4 is 20.4 Å². The first-order chi connectivity index (χ1) is 14.0. The molecule has 6 nitrogen and oxygen atoms in total. The Morgan fingerprint density at radius 1 is 0.724 bits per heavy atom. The number of pyridine rings is 2. The standard InChI is InChI=1S/C20H16N6S2Se/c21-19(22)27-17-11-5-1-3-7-13(11)25-9-15(17)29-16-10-26-14-8-4-2-6-12(14)18(16)28-20(23)24/h1-10H,(H3,21,22)(H3,23,24). The number of nitrogens with two attached hydrogens (primary N) is 2. The SMILES string of the molecule is N=C(N)Sc1c([Se]c2cnc3ccccc3c2SC(=N)N)cnc2ccccc12. The minimum atomic E-state index is -0.163. The van der Waals surface area contributed by atoms with Crippen LogP contribution >= 0.6 is 23.5 Å². The van der Waals surface area contributed by atoms with E-state index < -0.39 is 0 Å². The number of nitrogens with zero attached hydrogens (tertiary/aromatic N) is 2. The van der Waals surface area contributed by atoms with Crippen LogP contribution in [0.4, 0.5) is 0 Å². The Hall–Kier alpha value is -2.58. The first kappa shape index (κ1) is 19.7. The van der Waals surface area contributed by atoms with E-state index in [1.54, 1.807) is 0 Å². The first-order valence-electron chi connectivity index (χ1n) is 8.50. The zero-order chi connectivity index (χ0) is 20.4. The molecule has 0 bridgehead atoms. The number of benzene rings is 2. The zero-order valence-corrected chi connectivity index (χ0v) is 18.4. The summed E-state index contributed by atoms with van der Waals surface area (Å²) < 4.78 is 2.03. The van der Waals surface area contributed by atoms with Gasteiger partial charge in [-0.25, -0.2) is 0 Å². The minimum absolute atomic E-state index is 0.0355. The molecular formula is C20H16N6S2Se. The molecule has 0 saturated heterocycles. The molecule has 4 aromatic rings. The van der Waals surface area contributed by atoms with E-state index in [1.807, 2.05) is 60.9 Å². The van der Waals surface area contributed by atoms with Crippen LogP contribution in [-0.2, 0) is 0 Å². The van der Waals surface area contributed by atoms with Gasteiger partial charge in [0, 0.05) is 0 Å². The van der Waals surface area contributed by atoms with E-state index in [1.165, 1.54) is 23.5 Å². The number of hydrogen-bond acceptors (Lipinski definition) is 6. The number of fused-ring (bicyclic) bond motifs is 2. The average Bonchev–Trinajstić information content (AvgIpc) is 2.70. The third-order valence-corrected chi connectivity index (χ3v) is 8.56. The second-order valence-electron chi connectivity index (χ2n) is 5.97. The molecule has 0 amide bonds. The second-order valence-corrected chi connectivity index (χ2v) is 10.4. The fourth-order valence-corrected chi connectivity index (χ4v) is 6.95. The molecule has 0 saturated carbocycles. The van der Waals surface area contributed by atoms with Gasteiger partial charge in [0.2, 0.25) is 0 Å². The molecule has 0 atom stereocenters. The fraction of sp³-hybridized carbons (Fsp3) is 0. The monoisotopic (exact) mass is 484 g/mol. The van der Waals surface area contributed by atoms with Gasteiger partial charge in [-0.1, -0.05) is 0 Å². The summed E-state index contributed by atoms with van der Waals surface area (Å²) in [5.74, 6) is 0. The van der Waals surface area contributed by atoms with E-state index >= 15 is 0 Å². The number of rotatable bonds is 4. The van der Waals surface area contributed by atoms with E-state index in [9.17, 15) is 0 Å². The maximum atomic E-state index is 7.79. The molecule has 2 heterocycles. The normalized spacial score (nSPS) is 11.0. The maximum absolute atomic E-state index is 7.79. The molecule has 0 aliphatic heterocycles. The Morgan fingerprint density at radius 2 is 1.14 bits per heavy atom. The van der Waals surface area contributed by atoms with Crippen molar-refractivity contribution >= 4 is 79.5 Å². The quantitative estimate of drug-likeness (QED) is 0.153. The Balaban J connectivity index is 1.87. The van der Waals surface area contributed by atoms with Crippen LogP contribution in [0.25, 0.3) is 21.8 Å². The number of amidine groups is 2. The Morgan fingerprint density at radius 3 is 1.55 bits per heavy atom. The number of para-hydroxylation sites is 2. The van der Waals surface area contributed by atoms with Crippen LogP contribution in [0, 0.1) is 10.8 Å². The summed E-state index contributed by atoms with van der Waals surface area (Å²) in [6, 6.07) is 15.7. The summed E-state index contributed by atoms with van der Waals surface area (Å²) in [7, 11) is 0. The molecule has 9 heteroatoms. The topological polar surface area (TPSA) is 126 Å². The number of hydrogen-bond donors (Lipinski definition) is 4. The molecule has 0 radical (unpaired) electrons. The van der Waals surface area contributed by atoms with Crippen LogP contribution in [0.15, 0.2) is 70.7 Å². The fourth-order valence-electron chi connectivity index (χ4n) is 2.89.